The monoisotopic (exact) mass is 1640 g/mol. The lowest BCUT2D eigenvalue weighted by atomic mass is 9.84. The van der Waals surface area contributed by atoms with Gasteiger partial charge >= 0.3 is 36.2 Å². The van der Waals surface area contributed by atoms with E-state index in [0.29, 0.717) is 36.0 Å². The first-order chi connectivity index (χ1) is 57.7. The molecule has 0 aliphatic heterocycles. The van der Waals surface area contributed by atoms with Crippen molar-refractivity contribution < 1.29 is 71.6 Å². The highest BCUT2D eigenvalue weighted by atomic mass is 16.6. The maximum atomic E-state index is 14.9. The highest BCUT2D eigenvalue weighted by Crippen LogP contribution is 2.48. The van der Waals surface area contributed by atoms with Crippen molar-refractivity contribution in [2.45, 2.75) is 177 Å². The van der Waals surface area contributed by atoms with Gasteiger partial charge in [0.15, 0.2) is 16.6 Å². The Bertz CT molecular complexity index is 4620. The number of unbranched alkanes of at least 4 members (excludes halogenated alkanes) is 3. The fourth-order valence-corrected chi connectivity index (χ4v) is 15.8. The van der Waals surface area contributed by atoms with Gasteiger partial charge in [-0.05, 0) is 240 Å². The summed E-state index contributed by atoms with van der Waals surface area (Å²) in [6.07, 6.45) is -0.671. The summed E-state index contributed by atoms with van der Waals surface area (Å²) in [5.41, 5.74) is 26.9. The molecule has 0 saturated carbocycles. The zero-order chi connectivity index (χ0) is 86.4. The third kappa shape index (κ3) is 21.4. The summed E-state index contributed by atoms with van der Waals surface area (Å²) in [6, 6.07) is 68.1. The van der Waals surface area contributed by atoms with Crippen molar-refractivity contribution >= 4 is 71.0 Å². The molecule has 0 saturated heterocycles. The Labute approximate surface area is 706 Å². The van der Waals surface area contributed by atoms with Crippen molar-refractivity contribution in [1.82, 2.24) is 16.0 Å². The normalized spacial score (nSPS) is 14.3. The van der Waals surface area contributed by atoms with Gasteiger partial charge in [0.1, 0.15) is 36.6 Å². The smallest absolute Gasteiger partial charge is 0.407 e. The second-order valence-electron chi connectivity index (χ2n) is 34.2. The minimum atomic E-state index is -2.22. The maximum Gasteiger partial charge on any atom is 0.407 e. The van der Waals surface area contributed by atoms with Crippen LogP contribution in [-0.2, 0) is 57.2 Å². The number of benzene rings is 9. The molecule has 0 fully saturated rings. The summed E-state index contributed by atoms with van der Waals surface area (Å²) in [6.45, 7) is 16.0. The standard InChI is InChI=1S/C97H109N9O15/c1-92(2,3)119-89(113)101-55-25-22-52-95(98,86(110)116-58-79-73-34-16-10-28-67(73)68-29-11-17-35-74(68)79)83(107)104-64-46-40-61(41-47-64)82(62-42-48-65(49-43-62)105-84(108)96(99,53-23-26-56-102-90(114)120-93(4,5)6)87(111)117-59-80-75-36-18-12-30-69(75)70-31-13-19-37-76(70)80)63-44-50-66(51-45-63)106-85(109)97(100,54-24-27-57-103-91(115)121-94(7,8)9)88(112)118-60-81-77-38-20-14-32-71(77)72-33-15-21-39-78(72)81/h10-21,28-51,79-82H,22-27,52-60,98-100H2,1-9H3,(H,101,113)(H,102,114)(H,103,115)(H,104,107)(H,105,108)(H,106,109)/t95-,96-,97-/m1/s1. The van der Waals surface area contributed by atoms with E-state index in [0.717, 1.165) is 66.8 Å². The molecular weight excluding hydrogens is 1530 g/mol. The lowest BCUT2D eigenvalue weighted by Gasteiger charge is -2.28. The van der Waals surface area contributed by atoms with Gasteiger partial charge in [0.05, 0.1) is 0 Å². The molecule has 9 aromatic carbocycles. The number of carbonyl (C=O) groups excluding carboxylic acids is 9. The van der Waals surface area contributed by atoms with Gasteiger partial charge in [-0.15, -0.1) is 0 Å². The number of hydrogen-bond donors (Lipinski definition) is 9. The number of carbonyl (C=O) groups is 9. The van der Waals surface area contributed by atoms with Crippen LogP contribution in [-0.4, -0.2) is 127 Å². The third-order valence-electron chi connectivity index (χ3n) is 21.8. The summed E-state index contributed by atoms with van der Waals surface area (Å²) in [4.78, 5) is 127. The van der Waals surface area contributed by atoms with Gasteiger partial charge in [0, 0.05) is 60.4 Å². The first kappa shape index (κ1) is 87.8. The van der Waals surface area contributed by atoms with E-state index in [1.54, 1.807) is 135 Å². The molecule has 9 aromatic rings. The first-order valence-corrected chi connectivity index (χ1v) is 41.3. The van der Waals surface area contributed by atoms with E-state index in [2.05, 4.69) is 31.9 Å². The zero-order valence-electron chi connectivity index (χ0n) is 70.1. The number of anilines is 3. The van der Waals surface area contributed by atoms with Crippen molar-refractivity contribution in [2.75, 3.05) is 55.4 Å². The number of ether oxygens (including phenoxy) is 6. The minimum absolute atomic E-state index is 0.101. The van der Waals surface area contributed by atoms with Gasteiger partial charge in [0.2, 0.25) is 0 Å². The summed E-state index contributed by atoms with van der Waals surface area (Å²) in [5, 5.41) is 16.9. The van der Waals surface area contributed by atoms with Crippen LogP contribution in [0.1, 0.15) is 194 Å². The average Bonchev–Trinajstić information content (AvgIpc) is 1.62. The molecule has 632 valence electrons. The molecule has 0 bridgehead atoms. The van der Waals surface area contributed by atoms with Gasteiger partial charge in [-0.2, -0.15) is 0 Å². The quantitative estimate of drug-likeness (QED) is 0.00606. The molecule has 0 spiro atoms. The third-order valence-corrected chi connectivity index (χ3v) is 21.8. The largest absolute Gasteiger partial charge is 0.463 e. The highest BCUT2D eigenvalue weighted by Gasteiger charge is 2.48. The van der Waals surface area contributed by atoms with E-state index in [9.17, 15) is 43.2 Å². The maximum absolute atomic E-state index is 14.9. The first-order valence-electron chi connectivity index (χ1n) is 41.3. The van der Waals surface area contributed by atoms with Gasteiger partial charge < -0.3 is 77.5 Å². The van der Waals surface area contributed by atoms with Gasteiger partial charge in [0.25, 0.3) is 17.7 Å². The van der Waals surface area contributed by atoms with Crippen LogP contribution in [0.4, 0.5) is 31.4 Å². The second-order valence-corrected chi connectivity index (χ2v) is 34.2. The molecule has 12 rings (SSSR count). The molecule has 0 aromatic heterocycles. The Morgan fingerprint density at radius 3 is 0.711 bits per heavy atom. The molecule has 3 aliphatic carbocycles. The van der Waals surface area contributed by atoms with E-state index in [-0.39, 0.29) is 113 Å². The predicted octanol–water partition coefficient (Wildman–Crippen LogP) is 15.9. The Morgan fingerprint density at radius 2 is 0.504 bits per heavy atom. The summed E-state index contributed by atoms with van der Waals surface area (Å²) in [7, 11) is 0. The molecule has 3 atom stereocenters. The van der Waals surface area contributed by atoms with E-state index in [4.69, 9.17) is 45.6 Å². The van der Waals surface area contributed by atoms with Crippen molar-refractivity contribution in [1.29, 1.82) is 0 Å². The summed E-state index contributed by atoms with van der Waals surface area (Å²) < 4.78 is 34.6. The molecular formula is C97H109N9O15. The Morgan fingerprint density at radius 1 is 0.298 bits per heavy atom. The van der Waals surface area contributed by atoms with Crippen LogP contribution in [0.15, 0.2) is 218 Å². The SMILES string of the molecule is CC(C)(C)OC(=O)NCCCC[C@@](N)(C(=O)Nc1ccc(C(c2ccc(NC(=O)[C@](N)(CCCCNC(=O)OC(C)(C)C)C(=O)OCC3c4ccccc4-c4ccccc43)cc2)c2ccc(NC(=O)[C@](N)(CCCCNC(=O)OC(C)(C)C)C(=O)OCC3c4ccccc4-c4ccccc43)cc2)cc1)C(=O)OCC1c2ccccc2-c2ccccc21. The van der Waals surface area contributed by atoms with Crippen molar-refractivity contribution in [3.8, 4) is 33.4 Å². The zero-order valence-corrected chi connectivity index (χ0v) is 70.1. The van der Waals surface area contributed by atoms with Crippen LogP contribution >= 0.6 is 0 Å². The van der Waals surface area contributed by atoms with Crippen LogP contribution in [0.25, 0.3) is 33.4 Å². The Kier molecular flexibility index (Phi) is 27.5. The van der Waals surface area contributed by atoms with Gasteiger partial charge in [-0.25, -0.2) is 28.8 Å². The molecule has 24 nitrogen and oxygen atoms in total. The number of nitrogens with one attached hydrogen (secondary N) is 6. The number of esters is 3. The lowest BCUT2D eigenvalue weighted by molar-refractivity contribution is -0.155. The lowest BCUT2D eigenvalue weighted by Crippen LogP contribution is -2.58. The number of rotatable bonds is 33. The average molecular weight is 1640 g/mol. The number of fused-ring (bicyclic) bond motifs is 9. The van der Waals surface area contributed by atoms with Crippen molar-refractivity contribution in [3.05, 3.63) is 268 Å². The van der Waals surface area contributed by atoms with Crippen molar-refractivity contribution in [2.24, 2.45) is 17.2 Å². The highest BCUT2D eigenvalue weighted by molar-refractivity contribution is 6.14. The molecule has 12 N–H and O–H groups in total. The molecule has 0 unspecified atom stereocenters. The molecule has 3 aliphatic rings. The molecule has 0 heterocycles. The Hall–Kier alpha value is -12.5. The summed E-state index contributed by atoms with van der Waals surface area (Å²) >= 11 is 0. The minimum Gasteiger partial charge on any atom is -0.463 e. The van der Waals surface area contributed by atoms with E-state index < -0.39 is 93.2 Å². The van der Waals surface area contributed by atoms with Gasteiger partial charge in [-0.1, -0.05) is 182 Å². The molecule has 0 radical (unpaired) electrons. The second kappa shape index (κ2) is 37.8. The summed E-state index contributed by atoms with van der Waals surface area (Å²) in [5.74, 6) is -6.99. The van der Waals surface area contributed by atoms with E-state index >= 15 is 0 Å². The van der Waals surface area contributed by atoms with Crippen LogP contribution < -0.4 is 49.1 Å². The topological polar surface area (TPSA) is 359 Å². The Balaban J connectivity index is 0.817. The molecule has 6 amide bonds. The van der Waals surface area contributed by atoms with E-state index in [1.807, 2.05) is 146 Å². The number of alkyl carbamates (subject to hydrolysis) is 3. The van der Waals surface area contributed by atoms with Crippen LogP contribution in [0.5, 0.6) is 0 Å². The van der Waals surface area contributed by atoms with Crippen LogP contribution in [0, 0.1) is 0 Å². The predicted molar refractivity (Wildman–Crippen MR) is 465 cm³/mol. The number of hydrogen-bond acceptors (Lipinski definition) is 18. The van der Waals surface area contributed by atoms with Crippen LogP contribution in [0.2, 0.25) is 0 Å². The van der Waals surface area contributed by atoms with Crippen molar-refractivity contribution in [3.63, 3.8) is 0 Å². The van der Waals surface area contributed by atoms with Crippen LogP contribution in [0.3, 0.4) is 0 Å². The fourth-order valence-electron chi connectivity index (χ4n) is 15.8. The number of nitrogens with two attached hydrogens (primary N) is 3. The molecule has 121 heavy (non-hydrogen) atoms. The number of amides is 6. The van der Waals surface area contributed by atoms with E-state index in [1.165, 1.54) is 0 Å². The van der Waals surface area contributed by atoms with Gasteiger partial charge in [-0.3, -0.25) is 14.4 Å². The fraction of sp³-hybridized carbons (Fsp3) is 0.351. The molecule has 24 heteroatoms.